The molecule has 0 aliphatic rings. The standard InChI is InChI=1S/C19H16ClNO3/c1-12-5-6-13(18-8-7-16(11-22)24-18)10-17(12)21-19(23)14-3-2-4-15(20)9-14/h2-10,22H,11H2,1H3,(H,21,23). The maximum absolute atomic E-state index is 12.4. The summed E-state index contributed by atoms with van der Waals surface area (Å²) >= 11 is 5.93. The largest absolute Gasteiger partial charge is 0.459 e. The number of anilines is 1. The van der Waals surface area contributed by atoms with E-state index in [2.05, 4.69) is 5.32 Å². The molecule has 3 aromatic rings. The van der Waals surface area contributed by atoms with Crippen LogP contribution < -0.4 is 5.32 Å². The topological polar surface area (TPSA) is 62.5 Å². The highest BCUT2D eigenvalue weighted by Crippen LogP contribution is 2.27. The van der Waals surface area contributed by atoms with Crippen LogP contribution in [0.5, 0.6) is 0 Å². The molecule has 0 aliphatic carbocycles. The average molecular weight is 342 g/mol. The molecule has 0 spiro atoms. The first kappa shape index (κ1) is 16.3. The molecule has 0 saturated carbocycles. The number of hydrogen-bond donors (Lipinski definition) is 2. The molecule has 5 heteroatoms. The summed E-state index contributed by atoms with van der Waals surface area (Å²) in [5, 5.41) is 12.5. The Morgan fingerprint density at radius 2 is 2.00 bits per heavy atom. The van der Waals surface area contributed by atoms with Crippen molar-refractivity contribution in [2.24, 2.45) is 0 Å². The zero-order valence-corrected chi connectivity index (χ0v) is 13.8. The summed E-state index contributed by atoms with van der Waals surface area (Å²) in [6.07, 6.45) is 0. The number of carbonyl (C=O) groups excluding carboxylic acids is 1. The normalized spacial score (nSPS) is 10.6. The van der Waals surface area contributed by atoms with E-state index in [0.29, 0.717) is 27.8 Å². The van der Waals surface area contributed by atoms with Crippen LogP contribution in [0.1, 0.15) is 21.7 Å². The lowest BCUT2D eigenvalue weighted by molar-refractivity contribution is 0.102. The van der Waals surface area contributed by atoms with Crippen molar-refractivity contribution in [3.8, 4) is 11.3 Å². The Bertz CT molecular complexity index is 886. The van der Waals surface area contributed by atoms with E-state index in [4.69, 9.17) is 21.1 Å². The van der Waals surface area contributed by atoms with Gasteiger partial charge in [0.25, 0.3) is 5.91 Å². The number of rotatable bonds is 4. The van der Waals surface area contributed by atoms with Gasteiger partial charge in [0.05, 0.1) is 0 Å². The molecule has 0 aliphatic heterocycles. The second kappa shape index (κ2) is 6.91. The molecule has 0 fully saturated rings. The van der Waals surface area contributed by atoms with Gasteiger partial charge in [-0.25, -0.2) is 0 Å². The van der Waals surface area contributed by atoms with Gasteiger partial charge in [0.15, 0.2) is 0 Å². The predicted octanol–water partition coefficient (Wildman–Crippen LogP) is 4.65. The monoisotopic (exact) mass is 341 g/mol. The van der Waals surface area contributed by atoms with E-state index in [1.807, 2.05) is 25.1 Å². The molecule has 24 heavy (non-hydrogen) atoms. The number of furan rings is 1. The Hall–Kier alpha value is -2.56. The number of aliphatic hydroxyl groups is 1. The molecule has 0 saturated heterocycles. The van der Waals surface area contributed by atoms with Crippen molar-refractivity contribution >= 4 is 23.2 Å². The second-order valence-corrected chi connectivity index (χ2v) is 5.85. The molecule has 2 aromatic carbocycles. The average Bonchev–Trinajstić information content (AvgIpc) is 3.06. The van der Waals surface area contributed by atoms with Crippen LogP contribution in [0.25, 0.3) is 11.3 Å². The first-order valence-corrected chi connectivity index (χ1v) is 7.82. The molecule has 4 nitrogen and oxygen atoms in total. The Kier molecular flexibility index (Phi) is 4.69. The van der Waals surface area contributed by atoms with E-state index in [0.717, 1.165) is 11.1 Å². The second-order valence-electron chi connectivity index (χ2n) is 5.42. The van der Waals surface area contributed by atoms with Crippen LogP contribution in [0.4, 0.5) is 5.69 Å². The number of hydrogen-bond acceptors (Lipinski definition) is 3. The van der Waals surface area contributed by atoms with E-state index in [1.165, 1.54) is 0 Å². The summed E-state index contributed by atoms with van der Waals surface area (Å²) in [4.78, 5) is 12.4. The highest BCUT2D eigenvalue weighted by molar-refractivity contribution is 6.31. The number of nitrogens with one attached hydrogen (secondary N) is 1. The van der Waals surface area contributed by atoms with Crippen molar-refractivity contribution in [1.82, 2.24) is 0 Å². The van der Waals surface area contributed by atoms with Crippen LogP contribution in [-0.2, 0) is 6.61 Å². The lowest BCUT2D eigenvalue weighted by Gasteiger charge is -2.10. The van der Waals surface area contributed by atoms with Crippen molar-refractivity contribution in [2.45, 2.75) is 13.5 Å². The van der Waals surface area contributed by atoms with Gasteiger partial charge < -0.3 is 14.8 Å². The fraction of sp³-hybridized carbons (Fsp3) is 0.105. The molecule has 1 aromatic heterocycles. The van der Waals surface area contributed by atoms with Crippen LogP contribution in [0.15, 0.2) is 59.0 Å². The van der Waals surface area contributed by atoms with E-state index >= 15 is 0 Å². The van der Waals surface area contributed by atoms with Gasteiger partial charge in [-0.1, -0.05) is 29.8 Å². The third-order valence-corrected chi connectivity index (χ3v) is 3.91. The van der Waals surface area contributed by atoms with Gasteiger partial charge in [0.2, 0.25) is 0 Å². The summed E-state index contributed by atoms with van der Waals surface area (Å²) in [5.41, 5.74) is 2.94. The number of carbonyl (C=O) groups is 1. The summed E-state index contributed by atoms with van der Waals surface area (Å²) in [6.45, 7) is 1.77. The van der Waals surface area contributed by atoms with E-state index in [-0.39, 0.29) is 12.5 Å². The minimum Gasteiger partial charge on any atom is -0.459 e. The Morgan fingerprint density at radius 3 is 2.71 bits per heavy atom. The highest BCUT2D eigenvalue weighted by atomic mass is 35.5. The first-order valence-electron chi connectivity index (χ1n) is 7.44. The van der Waals surface area contributed by atoms with Gasteiger partial charge in [0, 0.05) is 21.8 Å². The molecule has 0 bridgehead atoms. The molecule has 1 heterocycles. The molecule has 122 valence electrons. The highest BCUT2D eigenvalue weighted by Gasteiger charge is 2.11. The predicted molar refractivity (Wildman–Crippen MR) is 94.2 cm³/mol. The fourth-order valence-electron chi connectivity index (χ4n) is 2.35. The maximum Gasteiger partial charge on any atom is 0.255 e. The molecule has 0 radical (unpaired) electrons. The van der Waals surface area contributed by atoms with Gasteiger partial charge in [-0.05, 0) is 48.9 Å². The van der Waals surface area contributed by atoms with Gasteiger partial charge >= 0.3 is 0 Å². The summed E-state index contributed by atoms with van der Waals surface area (Å²) in [6, 6.07) is 16.0. The lowest BCUT2D eigenvalue weighted by atomic mass is 10.1. The number of halogens is 1. The maximum atomic E-state index is 12.4. The van der Waals surface area contributed by atoms with Crippen LogP contribution in [0, 0.1) is 6.92 Å². The van der Waals surface area contributed by atoms with Crippen molar-refractivity contribution in [2.75, 3.05) is 5.32 Å². The van der Waals surface area contributed by atoms with Crippen LogP contribution >= 0.6 is 11.6 Å². The zero-order valence-electron chi connectivity index (χ0n) is 13.0. The van der Waals surface area contributed by atoms with Gasteiger partial charge in [-0.2, -0.15) is 0 Å². The fourth-order valence-corrected chi connectivity index (χ4v) is 2.54. The Morgan fingerprint density at radius 1 is 1.17 bits per heavy atom. The minimum absolute atomic E-state index is 0.149. The quantitative estimate of drug-likeness (QED) is 0.725. The zero-order chi connectivity index (χ0) is 17.1. The minimum atomic E-state index is -0.228. The lowest BCUT2D eigenvalue weighted by Crippen LogP contribution is -2.12. The molecular weight excluding hydrogens is 326 g/mol. The summed E-state index contributed by atoms with van der Waals surface area (Å²) < 4.78 is 5.54. The number of amides is 1. The third-order valence-electron chi connectivity index (χ3n) is 3.67. The van der Waals surface area contributed by atoms with Crippen molar-refractivity contribution in [3.05, 3.63) is 76.5 Å². The summed E-state index contributed by atoms with van der Waals surface area (Å²) in [7, 11) is 0. The van der Waals surface area contributed by atoms with Crippen LogP contribution in [-0.4, -0.2) is 11.0 Å². The molecule has 0 atom stereocenters. The Labute approximate surface area is 144 Å². The van der Waals surface area contributed by atoms with E-state index in [9.17, 15) is 4.79 Å². The van der Waals surface area contributed by atoms with E-state index < -0.39 is 0 Å². The molecule has 3 rings (SSSR count). The molecular formula is C19H16ClNO3. The molecule has 2 N–H and O–H groups in total. The van der Waals surface area contributed by atoms with Gasteiger partial charge in [-0.3, -0.25) is 4.79 Å². The number of aliphatic hydroxyl groups excluding tert-OH is 1. The van der Waals surface area contributed by atoms with Gasteiger partial charge in [-0.15, -0.1) is 0 Å². The smallest absolute Gasteiger partial charge is 0.255 e. The number of aryl methyl sites for hydroxylation is 1. The Balaban J connectivity index is 1.87. The SMILES string of the molecule is Cc1ccc(-c2ccc(CO)o2)cc1NC(=O)c1cccc(Cl)c1. The van der Waals surface area contributed by atoms with Crippen molar-refractivity contribution in [3.63, 3.8) is 0 Å². The van der Waals surface area contributed by atoms with Gasteiger partial charge in [0.1, 0.15) is 18.1 Å². The van der Waals surface area contributed by atoms with E-state index in [1.54, 1.807) is 36.4 Å². The van der Waals surface area contributed by atoms with Crippen molar-refractivity contribution < 1.29 is 14.3 Å². The summed E-state index contributed by atoms with van der Waals surface area (Å²) in [5.74, 6) is 0.903. The number of benzene rings is 2. The van der Waals surface area contributed by atoms with Crippen LogP contribution in [0.2, 0.25) is 5.02 Å². The molecule has 1 amide bonds. The van der Waals surface area contributed by atoms with Crippen LogP contribution in [0.3, 0.4) is 0 Å². The third kappa shape index (κ3) is 3.50. The first-order chi connectivity index (χ1) is 11.6. The van der Waals surface area contributed by atoms with Crippen molar-refractivity contribution in [1.29, 1.82) is 0 Å². The molecule has 0 unspecified atom stereocenters.